The van der Waals surface area contributed by atoms with Crippen molar-refractivity contribution in [2.75, 3.05) is 6.54 Å². The first-order valence-corrected chi connectivity index (χ1v) is 9.45. The highest BCUT2D eigenvalue weighted by Crippen LogP contribution is 2.25. The van der Waals surface area contributed by atoms with E-state index in [1.165, 1.54) is 11.1 Å². The number of carbonyl (C=O) groups is 2. The Balaban J connectivity index is 1.35. The van der Waals surface area contributed by atoms with Crippen LogP contribution in [0.1, 0.15) is 51.9 Å². The van der Waals surface area contributed by atoms with Gasteiger partial charge in [-0.2, -0.15) is 0 Å². The lowest BCUT2D eigenvalue weighted by atomic mass is 10.0. The molecular formula is C22H24N2O2. The van der Waals surface area contributed by atoms with Crippen LogP contribution in [0.15, 0.2) is 42.5 Å². The average Bonchev–Trinajstić information content (AvgIpc) is 3.30. The fourth-order valence-electron chi connectivity index (χ4n) is 3.96. The number of benzene rings is 2. The van der Waals surface area contributed by atoms with Gasteiger partial charge in [0.25, 0.3) is 5.91 Å². The van der Waals surface area contributed by atoms with Crippen molar-refractivity contribution < 1.29 is 9.59 Å². The van der Waals surface area contributed by atoms with Crippen LogP contribution < -0.4 is 5.32 Å². The summed E-state index contributed by atoms with van der Waals surface area (Å²) in [5.41, 5.74) is 5.57. The molecule has 2 aliphatic rings. The predicted molar refractivity (Wildman–Crippen MR) is 101 cm³/mol. The van der Waals surface area contributed by atoms with Gasteiger partial charge in [0.1, 0.15) is 0 Å². The Labute approximate surface area is 154 Å². The number of carbonyl (C=O) groups excluding carboxylic acids is 2. The Morgan fingerprint density at radius 1 is 0.962 bits per heavy atom. The summed E-state index contributed by atoms with van der Waals surface area (Å²) in [6.07, 6.45) is 4.86. The van der Waals surface area contributed by atoms with Gasteiger partial charge in [-0.1, -0.05) is 36.4 Å². The molecule has 0 bridgehead atoms. The van der Waals surface area contributed by atoms with Crippen LogP contribution in [0.2, 0.25) is 0 Å². The topological polar surface area (TPSA) is 49.4 Å². The summed E-state index contributed by atoms with van der Waals surface area (Å²) in [5, 5.41) is 3.04. The molecule has 1 saturated heterocycles. The van der Waals surface area contributed by atoms with Crippen molar-refractivity contribution in [3.8, 4) is 0 Å². The van der Waals surface area contributed by atoms with E-state index in [9.17, 15) is 9.59 Å². The predicted octanol–water partition coefficient (Wildman–Crippen LogP) is 3.23. The van der Waals surface area contributed by atoms with E-state index in [0.29, 0.717) is 19.5 Å². The molecule has 4 rings (SSSR count). The number of likely N-dealkylation sites (tertiary alicyclic amines) is 1. The summed E-state index contributed by atoms with van der Waals surface area (Å²) < 4.78 is 0. The first kappa shape index (κ1) is 16.8. The summed E-state index contributed by atoms with van der Waals surface area (Å²) in [6, 6.07) is 14.2. The van der Waals surface area contributed by atoms with E-state index in [-0.39, 0.29) is 11.8 Å². The van der Waals surface area contributed by atoms with Crippen molar-refractivity contribution in [1.82, 2.24) is 10.2 Å². The van der Waals surface area contributed by atoms with Crippen LogP contribution in [0, 0.1) is 0 Å². The number of aryl methyl sites for hydroxylation is 1. The molecule has 2 aromatic rings. The maximum atomic E-state index is 12.6. The van der Waals surface area contributed by atoms with Gasteiger partial charge in [-0.15, -0.1) is 0 Å². The summed E-state index contributed by atoms with van der Waals surface area (Å²) >= 11 is 0. The number of hydrogen-bond donors (Lipinski definition) is 1. The highest BCUT2D eigenvalue weighted by atomic mass is 16.2. The third-order valence-corrected chi connectivity index (χ3v) is 5.41. The minimum absolute atomic E-state index is 0.00971. The standard InChI is InChI=1S/C22H24N2O2/c25-21-8-3-13-24(21)15-17-11-9-16(10-12-17)14-23-22(26)20-7-2-5-18-4-1-6-19(18)20/h2,5,7,9-12H,1,3-4,6,8,13-15H2,(H,23,26). The molecule has 0 atom stereocenters. The second-order valence-corrected chi connectivity index (χ2v) is 7.21. The molecule has 134 valence electrons. The number of hydrogen-bond acceptors (Lipinski definition) is 2. The summed E-state index contributed by atoms with van der Waals surface area (Å²) in [4.78, 5) is 26.2. The Hall–Kier alpha value is -2.62. The van der Waals surface area contributed by atoms with Crippen molar-refractivity contribution in [2.45, 2.75) is 45.2 Å². The molecule has 1 aliphatic carbocycles. The van der Waals surface area contributed by atoms with Crippen LogP contribution in [0.25, 0.3) is 0 Å². The molecule has 1 fully saturated rings. The minimum atomic E-state index is 0.00971. The van der Waals surface area contributed by atoms with Gasteiger partial charge in [0.15, 0.2) is 0 Å². The Kier molecular flexibility index (Phi) is 4.74. The molecule has 0 spiro atoms. The highest BCUT2D eigenvalue weighted by molar-refractivity contribution is 5.96. The van der Waals surface area contributed by atoms with Gasteiger partial charge >= 0.3 is 0 Å². The zero-order valence-electron chi connectivity index (χ0n) is 15.0. The Morgan fingerprint density at radius 2 is 1.77 bits per heavy atom. The third-order valence-electron chi connectivity index (χ3n) is 5.41. The molecule has 4 heteroatoms. The number of nitrogens with one attached hydrogen (secondary N) is 1. The van der Waals surface area contributed by atoms with Crippen molar-refractivity contribution in [1.29, 1.82) is 0 Å². The third kappa shape index (κ3) is 3.50. The molecule has 2 aromatic carbocycles. The number of amides is 2. The molecule has 1 heterocycles. The molecule has 4 nitrogen and oxygen atoms in total. The largest absolute Gasteiger partial charge is 0.348 e. The van der Waals surface area contributed by atoms with E-state index >= 15 is 0 Å². The second-order valence-electron chi connectivity index (χ2n) is 7.21. The molecular weight excluding hydrogens is 324 g/mol. The zero-order chi connectivity index (χ0) is 17.9. The van der Waals surface area contributed by atoms with E-state index in [4.69, 9.17) is 0 Å². The van der Waals surface area contributed by atoms with E-state index < -0.39 is 0 Å². The maximum Gasteiger partial charge on any atom is 0.251 e. The fraction of sp³-hybridized carbons (Fsp3) is 0.364. The monoisotopic (exact) mass is 348 g/mol. The second kappa shape index (κ2) is 7.32. The van der Waals surface area contributed by atoms with Crippen molar-refractivity contribution in [2.24, 2.45) is 0 Å². The minimum Gasteiger partial charge on any atom is -0.348 e. The first-order valence-electron chi connectivity index (χ1n) is 9.45. The lowest BCUT2D eigenvalue weighted by Gasteiger charge is -2.15. The van der Waals surface area contributed by atoms with Gasteiger partial charge in [0, 0.05) is 31.6 Å². The molecule has 26 heavy (non-hydrogen) atoms. The van der Waals surface area contributed by atoms with Gasteiger partial charge in [-0.05, 0) is 54.0 Å². The molecule has 1 aliphatic heterocycles. The molecule has 1 N–H and O–H groups in total. The van der Waals surface area contributed by atoms with Gasteiger partial charge in [0.05, 0.1) is 0 Å². The number of nitrogens with zero attached hydrogens (tertiary/aromatic N) is 1. The highest BCUT2D eigenvalue weighted by Gasteiger charge is 2.20. The van der Waals surface area contributed by atoms with Crippen LogP contribution in [0.3, 0.4) is 0 Å². The van der Waals surface area contributed by atoms with Crippen LogP contribution >= 0.6 is 0 Å². The summed E-state index contributed by atoms with van der Waals surface area (Å²) in [5.74, 6) is 0.257. The van der Waals surface area contributed by atoms with Gasteiger partial charge in [-0.3, -0.25) is 9.59 Å². The van der Waals surface area contributed by atoms with Crippen LogP contribution in [0.5, 0.6) is 0 Å². The Morgan fingerprint density at radius 3 is 2.54 bits per heavy atom. The van der Waals surface area contributed by atoms with Crippen LogP contribution in [-0.4, -0.2) is 23.3 Å². The van der Waals surface area contributed by atoms with E-state index in [0.717, 1.165) is 48.9 Å². The molecule has 0 saturated carbocycles. The molecule has 2 amide bonds. The van der Waals surface area contributed by atoms with E-state index in [1.807, 2.05) is 41.3 Å². The van der Waals surface area contributed by atoms with Crippen LogP contribution in [-0.2, 0) is 30.7 Å². The number of rotatable bonds is 5. The van der Waals surface area contributed by atoms with Crippen molar-refractivity contribution >= 4 is 11.8 Å². The van der Waals surface area contributed by atoms with Gasteiger partial charge < -0.3 is 10.2 Å². The van der Waals surface area contributed by atoms with Gasteiger partial charge in [0.2, 0.25) is 5.91 Å². The SMILES string of the molecule is O=C(NCc1ccc(CN2CCCC2=O)cc1)c1cccc2c1CCC2. The quantitative estimate of drug-likeness (QED) is 0.902. The molecule has 0 radical (unpaired) electrons. The van der Waals surface area contributed by atoms with Crippen molar-refractivity contribution in [3.63, 3.8) is 0 Å². The van der Waals surface area contributed by atoms with E-state index in [2.05, 4.69) is 11.4 Å². The Bertz CT molecular complexity index is 827. The van der Waals surface area contributed by atoms with E-state index in [1.54, 1.807) is 0 Å². The fourth-order valence-corrected chi connectivity index (χ4v) is 3.96. The zero-order valence-corrected chi connectivity index (χ0v) is 15.0. The first-order chi connectivity index (χ1) is 12.7. The maximum absolute atomic E-state index is 12.6. The van der Waals surface area contributed by atoms with Crippen LogP contribution in [0.4, 0.5) is 0 Å². The normalized spacial score (nSPS) is 16.0. The van der Waals surface area contributed by atoms with Crippen molar-refractivity contribution in [3.05, 3.63) is 70.3 Å². The number of fused-ring (bicyclic) bond motifs is 1. The average molecular weight is 348 g/mol. The van der Waals surface area contributed by atoms with Gasteiger partial charge in [-0.25, -0.2) is 0 Å². The molecule has 0 aromatic heterocycles. The lowest BCUT2D eigenvalue weighted by molar-refractivity contribution is -0.128. The summed E-state index contributed by atoms with van der Waals surface area (Å²) in [6.45, 7) is 2.06. The molecule has 0 unspecified atom stereocenters. The smallest absolute Gasteiger partial charge is 0.251 e. The summed E-state index contributed by atoms with van der Waals surface area (Å²) in [7, 11) is 0. The lowest BCUT2D eigenvalue weighted by Crippen LogP contribution is -2.24.